The molecule has 1 heterocycles. The van der Waals surface area contributed by atoms with Crippen LogP contribution in [0.3, 0.4) is 0 Å². The number of hydrogen-bond acceptors (Lipinski definition) is 6. The van der Waals surface area contributed by atoms with Crippen LogP contribution in [0.4, 0.5) is 11.5 Å². The van der Waals surface area contributed by atoms with Gasteiger partial charge in [-0.05, 0) is 67.3 Å². The van der Waals surface area contributed by atoms with E-state index in [1.54, 1.807) is 37.4 Å². The SMILES string of the molecule is C/C(N)=C(/C(=O)Nc1cc(C)c(SNc2ccccc2)cn1)c1ccc(C#N)cc1. The van der Waals surface area contributed by atoms with Crippen molar-refractivity contribution >= 4 is 34.9 Å². The van der Waals surface area contributed by atoms with Crippen LogP contribution in [0.2, 0.25) is 0 Å². The molecular formula is C23H21N5OS. The molecule has 1 amide bonds. The number of rotatable bonds is 6. The number of para-hydroxylation sites is 1. The molecule has 3 rings (SSSR count). The number of amides is 1. The van der Waals surface area contributed by atoms with Crippen LogP contribution in [0.15, 0.2) is 77.5 Å². The smallest absolute Gasteiger partial charge is 0.259 e. The normalized spacial score (nSPS) is 11.2. The van der Waals surface area contributed by atoms with Crippen LogP contribution < -0.4 is 15.8 Å². The summed E-state index contributed by atoms with van der Waals surface area (Å²) in [6.07, 6.45) is 1.71. The summed E-state index contributed by atoms with van der Waals surface area (Å²) < 4.78 is 3.27. The molecule has 0 aliphatic carbocycles. The Morgan fingerprint density at radius 3 is 2.43 bits per heavy atom. The first-order valence-corrected chi connectivity index (χ1v) is 10.0. The predicted molar refractivity (Wildman–Crippen MR) is 121 cm³/mol. The Kier molecular flexibility index (Phi) is 6.73. The fourth-order valence-electron chi connectivity index (χ4n) is 2.77. The monoisotopic (exact) mass is 415 g/mol. The van der Waals surface area contributed by atoms with Crippen molar-refractivity contribution in [2.24, 2.45) is 5.73 Å². The number of pyridine rings is 1. The number of benzene rings is 2. The Balaban J connectivity index is 1.72. The molecule has 0 radical (unpaired) electrons. The zero-order valence-electron chi connectivity index (χ0n) is 16.6. The highest BCUT2D eigenvalue weighted by Gasteiger charge is 2.16. The maximum Gasteiger partial charge on any atom is 0.259 e. The maximum absolute atomic E-state index is 12.8. The molecule has 0 saturated heterocycles. The quantitative estimate of drug-likeness (QED) is 0.398. The lowest BCUT2D eigenvalue weighted by molar-refractivity contribution is -0.111. The van der Waals surface area contributed by atoms with Gasteiger partial charge in [-0.3, -0.25) is 4.79 Å². The molecule has 1 aromatic heterocycles. The van der Waals surface area contributed by atoms with E-state index < -0.39 is 0 Å². The predicted octanol–water partition coefficient (Wildman–Crippen LogP) is 4.71. The van der Waals surface area contributed by atoms with E-state index in [0.29, 0.717) is 28.2 Å². The van der Waals surface area contributed by atoms with Crippen LogP contribution in [0.5, 0.6) is 0 Å². The summed E-state index contributed by atoms with van der Waals surface area (Å²) in [6, 6.07) is 20.4. The number of nitriles is 1. The van der Waals surface area contributed by atoms with Crippen molar-refractivity contribution in [3.05, 3.63) is 89.2 Å². The van der Waals surface area contributed by atoms with Gasteiger partial charge in [0.1, 0.15) is 5.82 Å². The van der Waals surface area contributed by atoms with Crippen molar-refractivity contribution in [1.82, 2.24) is 4.98 Å². The van der Waals surface area contributed by atoms with Crippen molar-refractivity contribution in [3.8, 4) is 6.07 Å². The summed E-state index contributed by atoms with van der Waals surface area (Å²) in [5, 5.41) is 11.8. The standard InChI is InChI=1S/C23H21N5OS/c1-15-12-21(26-14-20(15)30-28-19-6-4-3-5-7-19)27-23(29)22(16(2)25)18-10-8-17(13-24)9-11-18/h3-12,14,28H,25H2,1-2H3,(H,26,27,29)/b22-16-. The lowest BCUT2D eigenvalue weighted by Crippen LogP contribution is -2.18. The molecular weight excluding hydrogens is 394 g/mol. The zero-order valence-corrected chi connectivity index (χ0v) is 17.5. The van der Waals surface area contributed by atoms with Gasteiger partial charge in [0.05, 0.1) is 17.2 Å². The molecule has 7 heteroatoms. The van der Waals surface area contributed by atoms with Crippen LogP contribution in [0.1, 0.15) is 23.6 Å². The second kappa shape index (κ2) is 9.63. The fraction of sp³-hybridized carbons (Fsp3) is 0.0870. The Labute approximate surface area is 180 Å². The molecule has 3 aromatic rings. The number of nitrogens with one attached hydrogen (secondary N) is 2. The minimum absolute atomic E-state index is 0.350. The van der Waals surface area contributed by atoms with Gasteiger partial charge >= 0.3 is 0 Å². The third-order valence-electron chi connectivity index (χ3n) is 4.28. The highest BCUT2D eigenvalue weighted by molar-refractivity contribution is 8.00. The van der Waals surface area contributed by atoms with Gasteiger partial charge in [-0.15, -0.1) is 0 Å². The molecule has 0 spiro atoms. The summed E-state index contributed by atoms with van der Waals surface area (Å²) in [7, 11) is 0. The van der Waals surface area contributed by atoms with E-state index in [-0.39, 0.29) is 5.91 Å². The molecule has 6 nitrogen and oxygen atoms in total. The molecule has 0 atom stereocenters. The van der Waals surface area contributed by atoms with E-state index in [1.165, 1.54) is 11.9 Å². The number of allylic oxidation sites excluding steroid dienone is 1. The Bertz CT molecular complexity index is 1110. The highest BCUT2D eigenvalue weighted by atomic mass is 32.2. The van der Waals surface area contributed by atoms with Gasteiger partial charge in [0, 0.05) is 22.5 Å². The number of aryl methyl sites for hydroxylation is 1. The molecule has 0 unspecified atom stereocenters. The molecule has 0 aliphatic heterocycles. The summed E-state index contributed by atoms with van der Waals surface area (Å²) in [4.78, 5) is 18.2. The molecule has 0 bridgehead atoms. The van der Waals surface area contributed by atoms with E-state index >= 15 is 0 Å². The second-order valence-electron chi connectivity index (χ2n) is 6.61. The van der Waals surface area contributed by atoms with Gasteiger partial charge in [0.25, 0.3) is 5.91 Å². The zero-order chi connectivity index (χ0) is 21.5. The molecule has 0 aliphatic rings. The van der Waals surface area contributed by atoms with E-state index in [0.717, 1.165) is 16.1 Å². The number of hydrogen-bond donors (Lipinski definition) is 3. The lowest BCUT2D eigenvalue weighted by Gasteiger charge is -2.12. The van der Waals surface area contributed by atoms with E-state index in [1.807, 2.05) is 43.3 Å². The third-order valence-corrected chi connectivity index (χ3v) is 5.27. The molecule has 2 aromatic carbocycles. The van der Waals surface area contributed by atoms with Crippen LogP contribution >= 0.6 is 11.9 Å². The van der Waals surface area contributed by atoms with Crippen LogP contribution in [0, 0.1) is 18.3 Å². The number of nitrogens with two attached hydrogens (primary N) is 1. The first-order valence-electron chi connectivity index (χ1n) is 9.20. The average Bonchev–Trinajstić information content (AvgIpc) is 2.74. The van der Waals surface area contributed by atoms with Crippen molar-refractivity contribution in [2.45, 2.75) is 18.7 Å². The number of nitrogens with zero attached hydrogens (tertiary/aromatic N) is 2. The maximum atomic E-state index is 12.8. The van der Waals surface area contributed by atoms with Crippen LogP contribution in [-0.4, -0.2) is 10.9 Å². The Morgan fingerprint density at radius 2 is 1.83 bits per heavy atom. The van der Waals surface area contributed by atoms with Crippen molar-refractivity contribution in [2.75, 3.05) is 10.0 Å². The fourth-order valence-corrected chi connectivity index (χ4v) is 3.46. The van der Waals surface area contributed by atoms with Gasteiger partial charge < -0.3 is 15.8 Å². The summed E-state index contributed by atoms with van der Waals surface area (Å²) >= 11 is 1.46. The van der Waals surface area contributed by atoms with Crippen LogP contribution in [-0.2, 0) is 4.79 Å². The number of aromatic nitrogens is 1. The minimum Gasteiger partial charge on any atom is -0.402 e. The van der Waals surface area contributed by atoms with Crippen molar-refractivity contribution in [1.29, 1.82) is 5.26 Å². The Morgan fingerprint density at radius 1 is 1.13 bits per heavy atom. The topological polar surface area (TPSA) is 104 Å². The second-order valence-corrected chi connectivity index (χ2v) is 7.45. The molecule has 0 saturated carbocycles. The number of carbonyl (C=O) groups is 1. The number of carbonyl (C=O) groups excluding carboxylic acids is 1. The summed E-state index contributed by atoms with van der Waals surface area (Å²) in [5.74, 6) is 0.0865. The van der Waals surface area contributed by atoms with Gasteiger partial charge in [0.15, 0.2) is 0 Å². The van der Waals surface area contributed by atoms with E-state index in [9.17, 15) is 4.79 Å². The molecule has 0 fully saturated rings. The van der Waals surface area contributed by atoms with Gasteiger partial charge in [-0.2, -0.15) is 5.26 Å². The van der Waals surface area contributed by atoms with Crippen molar-refractivity contribution in [3.63, 3.8) is 0 Å². The largest absolute Gasteiger partial charge is 0.402 e. The molecule has 30 heavy (non-hydrogen) atoms. The van der Waals surface area contributed by atoms with Crippen molar-refractivity contribution < 1.29 is 4.79 Å². The average molecular weight is 416 g/mol. The van der Waals surface area contributed by atoms with Gasteiger partial charge in [-0.25, -0.2) is 4.98 Å². The summed E-state index contributed by atoms with van der Waals surface area (Å²) in [6.45, 7) is 3.62. The van der Waals surface area contributed by atoms with Gasteiger partial charge in [-0.1, -0.05) is 30.3 Å². The van der Waals surface area contributed by atoms with E-state index in [2.05, 4.69) is 21.1 Å². The third kappa shape index (κ3) is 5.19. The first kappa shape index (κ1) is 21.0. The van der Waals surface area contributed by atoms with Gasteiger partial charge in [0.2, 0.25) is 0 Å². The van der Waals surface area contributed by atoms with E-state index in [4.69, 9.17) is 11.0 Å². The minimum atomic E-state index is -0.352. The van der Waals surface area contributed by atoms with Crippen LogP contribution in [0.25, 0.3) is 5.57 Å². The molecule has 150 valence electrons. The summed E-state index contributed by atoms with van der Waals surface area (Å²) in [5.41, 5.74) is 9.82. The molecule has 4 N–H and O–H groups in total. The first-order chi connectivity index (χ1) is 14.5. The number of anilines is 2. The Hall–Kier alpha value is -3.76. The lowest BCUT2D eigenvalue weighted by atomic mass is 10.0. The highest BCUT2D eigenvalue weighted by Crippen LogP contribution is 2.26.